The average molecular weight is 582 g/mol. The van der Waals surface area contributed by atoms with Crippen molar-refractivity contribution in [2.45, 2.75) is 82.4 Å². The number of sulfonamides is 1. The molecule has 2 heterocycles. The van der Waals surface area contributed by atoms with Crippen LogP contribution in [-0.2, 0) is 32.7 Å². The van der Waals surface area contributed by atoms with Crippen LogP contribution in [0.2, 0.25) is 0 Å². The summed E-state index contributed by atoms with van der Waals surface area (Å²) in [6.45, 7) is 5.15. The van der Waals surface area contributed by atoms with Crippen LogP contribution < -0.4 is 10.5 Å². The first-order chi connectivity index (χ1) is 19.8. The molecule has 1 amide bonds. The number of amidine groups is 1. The van der Waals surface area contributed by atoms with Gasteiger partial charge in [0.15, 0.2) is 0 Å². The second-order valence-corrected chi connectivity index (χ2v) is 12.1. The summed E-state index contributed by atoms with van der Waals surface area (Å²) >= 11 is 0. The first-order valence-electron chi connectivity index (χ1n) is 14.0. The topological polar surface area (TPSA) is 147 Å². The third kappa shape index (κ3) is 5.98. The van der Waals surface area contributed by atoms with E-state index in [2.05, 4.69) is 26.3 Å². The van der Waals surface area contributed by atoms with E-state index in [-0.39, 0.29) is 23.4 Å². The zero-order chi connectivity index (χ0) is 29.0. The van der Waals surface area contributed by atoms with E-state index in [0.29, 0.717) is 24.3 Å². The van der Waals surface area contributed by atoms with E-state index in [0.717, 1.165) is 61.9 Å². The minimum atomic E-state index is -4.13. The Morgan fingerprint density at radius 2 is 1.88 bits per heavy atom. The Morgan fingerprint density at radius 1 is 1.10 bits per heavy atom. The number of anilines is 1. The van der Waals surface area contributed by atoms with E-state index in [1.807, 2.05) is 30.0 Å². The van der Waals surface area contributed by atoms with Crippen LogP contribution in [0.15, 0.2) is 61.7 Å². The van der Waals surface area contributed by atoms with Crippen LogP contribution in [0.1, 0.15) is 69.9 Å². The molecular weight excluding hydrogens is 546 g/mol. The predicted octanol–water partition coefficient (Wildman–Crippen LogP) is 4.61. The summed E-state index contributed by atoms with van der Waals surface area (Å²) in [5, 5.41) is 2.16. The van der Waals surface area contributed by atoms with Gasteiger partial charge in [0.25, 0.3) is 15.9 Å². The van der Waals surface area contributed by atoms with Gasteiger partial charge in [-0.05, 0) is 48.9 Å². The van der Waals surface area contributed by atoms with Crippen molar-refractivity contribution in [2.75, 3.05) is 11.3 Å². The summed E-state index contributed by atoms with van der Waals surface area (Å²) in [7, 11) is -4.13. The Hall–Kier alpha value is -3.77. The van der Waals surface area contributed by atoms with Gasteiger partial charge in [-0.25, -0.2) is 17.9 Å². The van der Waals surface area contributed by atoms with Crippen molar-refractivity contribution in [3.63, 3.8) is 0 Å². The molecule has 11 nitrogen and oxygen atoms in total. The molecule has 1 aliphatic heterocycles. The van der Waals surface area contributed by atoms with Crippen molar-refractivity contribution in [1.82, 2.24) is 15.0 Å². The van der Waals surface area contributed by atoms with Crippen LogP contribution in [0.4, 0.5) is 5.95 Å². The first-order valence-corrected chi connectivity index (χ1v) is 15.5. The maximum absolute atomic E-state index is 13.6. The number of hydrogen-bond acceptors (Lipinski definition) is 8. The molecular formula is C29H35N5O6S. The zero-order valence-electron chi connectivity index (χ0n) is 23.3. The van der Waals surface area contributed by atoms with E-state index >= 15 is 0 Å². The third-order valence-corrected chi connectivity index (χ3v) is 8.99. The highest BCUT2D eigenvalue weighted by Gasteiger charge is 2.49. The van der Waals surface area contributed by atoms with Gasteiger partial charge >= 0.3 is 5.76 Å². The third-order valence-electron chi connectivity index (χ3n) is 7.59. The molecule has 2 aliphatic rings. The predicted molar refractivity (Wildman–Crippen MR) is 154 cm³/mol. The Kier molecular flexibility index (Phi) is 8.41. The Labute approximate surface area is 239 Å². The van der Waals surface area contributed by atoms with E-state index in [9.17, 15) is 18.0 Å². The number of H-pyrrole nitrogens is 1. The molecule has 2 aromatic carbocycles. The van der Waals surface area contributed by atoms with Gasteiger partial charge in [0.2, 0.25) is 5.95 Å². The van der Waals surface area contributed by atoms with E-state index in [4.69, 9.17) is 9.73 Å². The molecule has 1 saturated carbocycles. The van der Waals surface area contributed by atoms with Crippen molar-refractivity contribution in [3.8, 4) is 11.1 Å². The van der Waals surface area contributed by atoms with Crippen molar-refractivity contribution < 1.29 is 22.5 Å². The minimum absolute atomic E-state index is 0.00114. The first kappa shape index (κ1) is 28.7. The lowest BCUT2D eigenvalue weighted by molar-refractivity contribution is -0.131. The molecule has 12 heteroatoms. The highest BCUT2D eigenvalue weighted by Crippen LogP contribution is 2.40. The molecule has 2 N–H and O–H groups in total. The van der Waals surface area contributed by atoms with Crippen LogP contribution in [0.3, 0.4) is 0 Å². The van der Waals surface area contributed by atoms with Crippen LogP contribution >= 0.6 is 0 Å². The quantitative estimate of drug-likeness (QED) is 0.317. The normalized spacial score (nSPS) is 16.5. The number of nitrogens with zero attached hydrogens (tertiary/aromatic N) is 3. The van der Waals surface area contributed by atoms with Crippen molar-refractivity contribution in [2.24, 2.45) is 4.99 Å². The second-order valence-electron chi connectivity index (χ2n) is 10.4. The zero-order valence-corrected chi connectivity index (χ0v) is 24.1. The lowest BCUT2D eigenvalue weighted by atomic mass is 9.96. The molecule has 1 aromatic heterocycles. The van der Waals surface area contributed by atoms with Gasteiger partial charge in [-0.1, -0.05) is 62.6 Å². The summed E-state index contributed by atoms with van der Waals surface area (Å²) < 4.78 is 39.1. The van der Waals surface area contributed by atoms with Crippen molar-refractivity contribution in [3.05, 3.63) is 64.1 Å². The maximum atomic E-state index is 13.6. The van der Waals surface area contributed by atoms with Crippen LogP contribution in [0.5, 0.6) is 0 Å². The van der Waals surface area contributed by atoms with E-state index in [1.165, 1.54) is 6.07 Å². The van der Waals surface area contributed by atoms with Gasteiger partial charge in [-0.2, -0.15) is 5.16 Å². The largest absolute Gasteiger partial charge is 0.461 e. The Morgan fingerprint density at radius 3 is 2.59 bits per heavy atom. The van der Waals surface area contributed by atoms with Gasteiger partial charge in [0.1, 0.15) is 11.4 Å². The van der Waals surface area contributed by atoms with Gasteiger partial charge in [-0.15, -0.1) is 4.98 Å². The summed E-state index contributed by atoms with van der Waals surface area (Å²) in [5.41, 5.74) is 2.23. The minimum Gasteiger partial charge on any atom is -0.377 e. The van der Waals surface area contributed by atoms with Gasteiger partial charge in [0.05, 0.1) is 18.0 Å². The number of rotatable bonds is 12. The number of nitrogens with one attached hydrogen (secondary N) is 2. The molecule has 0 atom stereocenters. The smallest absolute Gasteiger partial charge is 0.377 e. The van der Waals surface area contributed by atoms with Crippen LogP contribution in [0.25, 0.3) is 11.1 Å². The Bertz CT molecular complexity index is 1600. The van der Waals surface area contributed by atoms with Crippen molar-refractivity contribution in [1.29, 1.82) is 0 Å². The highest BCUT2D eigenvalue weighted by atomic mass is 32.2. The molecule has 1 spiro atoms. The number of benzene rings is 2. The van der Waals surface area contributed by atoms with Crippen molar-refractivity contribution >= 4 is 27.7 Å². The van der Waals surface area contributed by atoms with Crippen LogP contribution in [0, 0.1) is 0 Å². The average Bonchev–Trinajstić information content (AvgIpc) is 3.67. The summed E-state index contributed by atoms with van der Waals surface area (Å²) in [4.78, 5) is 35.2. The molecule has 0 saturated heterocycles. The molecule has 0 unspecified atom stereocenters. The summed E-state index contributed by atoms with van der Waals surface area (Å²) in [6, 6.07) is 12.3. The number of aromatic amines is 1. The van der Waals surface area contributed by atoms with E-state index in [1.54, 1.807) is 18.2 Å². The standard InChI is InChI=1S/C29H35N5O6S/c1-3-5-12-25-31-29(15-8-9-16-29)26(35)34(25)18-20-13-14-22(21(17-20)19-39-4-2)23-10-6-7-11-24(23)41(37,38)33-27-30-28(36)40-32-27/h6-7,10-11,13-14,17H,3-5,8-9,12,15-16,18-19H2,1-2H3,(H2,30,32,33,36). The SMILES string of the molecule is CCCCC1=NC2(CCCC2)C(=O)N1Cc1ccc(-c2ccccc2S(=O)(=O)Nc2nc(=O)o[nH]2)c(COCC)c1. The number of carbonyl (C=O) groups excluding carboxylic acids is 1. The maximum Gasteiger partial charge on any atom is 0.461 e. The number of aromatic nitrogens is 2. The van der Waals surface area contributed by atoms with Gasteiger partial charge in [-0.3, -0.25) is 14.7 Å². The number of hydrogen-bond donors (Lipinski definition) is 2. The molecule has 41 heavy (non-hydrogen) atoms. The lowest BCUT2D eigenvalue weighted by Gasteiger charge is -2.23. The molecule has 3 aromatic rings. The molecule has 1 aliphatic carbocycles. The molecule has 218 valence electrons. The fourth-order valence-electron chi connectivity index (χ4n) is 5.60. The number of ether oxygens (including phenoxy) is 1. The lowest BCUT2D eigenvalue weighted by Crippen LogP contribution is -2.40. The summed E-state index contributed by atoms with van der Waals surface area (Å²) in [6.07, 6.45) is 6.38. The van der Waals surface area contributed by atoms with Gasteiger partial charge < -0.3 is 9.26 Å². The number of unbranched alkanes of at least 4 members (excludes halogenated alkanes) is 1. The monoisotopic (exact) mass is 581 g/mol. The highest BCUT2D eigenvalue weighted by molar-refractivity contribution is 7.92. The number of aliphatic imine (C=N–C) groups is 1. The fraction of sp³-hybridized carbons (Fsp3) is 0.448. The number of carbonyl (C=O) groups is 1. The van der Waals surface area contributed by atoms with Crippen LogP contribution in [-0.4, -0.2) is 47.3 Å². The summed E-state index contributed by atoms with van der Waals surface area (Å²) in [5.74, 6) is -0.304. The van der Waals surface area contributed by atoms with E-state index < -0.39 is 21.3 Å². The molecule has 5 rings (SSSR count). The molecule has 1 fully saturated rings. The molecule has 0 bridgehead atoms. The Balaban J connectivity index is 1.48. The number of amides is 1. The second kappa shape index (κ2) is 12.0. The fourth-order valence-corrected chi connectivity index (χ4v) is 6.78. The molecule has 0 radical (unpaired) electrons. The van der Waals surface area contributed by atoms with Gasteiger partial charge in [0, 0.05) is 18.6 Å².